The minimum absolute atomic E-state index is 0.255. The molecule has 1 aromatic heterocycles. The molecule has 1 unspecified atom stereocenters. The molecular formula is C16H9Cl2N3O. The number of benzene rings is 2. The fourth-order valence-corrected chi connectivity index (χ4v) is 2.88. The third-order valence-electron chi connectivity index (χ3n) is 3.55. The summed E-state index contributed by atoms with van der Waals surface area (Å²) in [6, 6.07) is 14.4. The quantitative estimate of drug-likeness (QED) is 0.627. The lowest BCUT2D eigenvalue weighted by molar-refractivity contribution is -0.117. The maximum Gasteiger partial charge on any atom is 0.257 e. The number of alkyl halides is 1. The van der Waals surface area contributed by atoms with Gasteiger partial charge >= 0.3 is 0 Å². The second-order valence-electron chi connectivity index (χ2n) is 4.93. The fraction of sp³-hybridized carbons (Fsp3) is 0.0625. The second-order valence-corrected chi connectivity index (χ2v) is 5.81. The molecule has 4 nitrogen and oxygen atoms in total. The molecule has 0 spiro atoms. The lowest BCUT2D eigenvalue weighted by Crippen LogP contribution is -2.22. The minimum Gasteiger partial charge on any atom is -0.272 e. The van der Waals surface area contributed by atoms with Crippen LogP contribution in [-0.2, 0) is 4.79 Å². The van der Waals surface area contributed by atoms with Crippen molar-refractivity contribution in [1.29, 1.82) is 0 Å². The molecule has 3 aromatic rings. The monoisotopic (exact) mass is 329 g/mol. The number of anilines is 2. The summed E-state index contributed by atoms with van der Waals surface area (Å²) < 4.78 is 0. The third-order valence-corrected chi connectivity index (χ3v) is 4.20. The number of para-hydroxylation sites is 2. The van der Waals surface area contributed by atoms with E-state index in [0.717, 1.165) is 11.0 Å². The van der Waals surface area contributed by atoms with Gasteiger partial charge in [-0.2, -0.15) is 0 Å². The summed E-state index contributed by atoms with van der Waals surface area (Å²) in [5.74, 6) is 0.223. The lowest BCUT2D eigenvalue weighted by Gasteiger charge is -2.16. The van der Waals surface area contributed by atoms with Gasteiger partial charge in [-0.25, -0.2) is 9.97 Å². The highest BCUT2D eigenvalue weighted by molar-refractivity contribution is 6.36. The van der Waals surface area contributed by atoms with Crippen molar-refractivity contribution >= 4 is 51.6 Å². The van der Waals surface area contributed by atoms with E-state index in [2.05, 4.69) is 9.97 Å². The van der Waals surface area contributed by atoms with Crippen LogP contribution in [-0.4, -0.2) is 15.9 Å². The first-order chi connectivity index (χ1) is 10.6. The molecular weight excluding hydrogens is 321 g/mol. The molecule has 1 aliphatic rings. The van der Waals surface area contributed by atoms with Crippen LogP contribution in [0, 0.1) is 0 Å². The Balaban J connectivity index is 1.94. The molecule has 0 saturated heterocycles. The van der Waals surface area contributed by atoms with E-state index in [-0.39, 0.29) is 5.91 Å². The molecule has 4 rings (SSSR count). The number of fused-ring (bicyclic) bond motifs is 2. The number of halogens is 2. The minimum atomic E-state index is -0.831. The van der Waals surface area contributed by atoms with Crippen LogP contribution in [0.2, 0.25) is 5.02 Å². The Morgan fingerprint density at radius 2 is 1.59 bits per heavy atom. The van der Waals surface area contributed by atoms with E-state index in [1.807, 2.05) is 24.3 Å². The van der Waals surface area contributed by atoms with Gasteiger partial charge in [-0.05, 0) is 36.4 Å². The van der Waals surface area contributed by atoms with Crippen molar-refractivity contribution in [2.24, 2.45) is 0 Å². The van der Waals surface area contributed by atoms with Crippen molar-refractivity contribution in [2.45, 2.75) is 5.38 Å². The van der Waals surface area contributed by atoms with Gasteiger partial charge in [-0.3, -0.25) is 9.69 Å². The lowest BCUT2D eigenvalue weighted by atomic mass is 10.2. The molecule has 1 atom stereocenters. The van der Waals surface area contributed by atoms with E-state index in [1.165, 1.54) is 4.90 Å². The molecule has 2 heterocycles. The molecule has 0 saturated carbocycles. The molecule has 0 fully saturated rings. The van der Waals surface area contributed by atoms with Crippen LogP contribution in [0.4, 0.5) is 11.5 Å². The summed E-state index contributed by atoms with van der Waals surface area (Å²) in [6.45, 7) is 0. The van der Waals surface area contributed by atoms with Gasteiger partial charge in [0.1, 0.15) is 5.69 Å². The smallest absolute Gasteiger partial charge is 0.257 e. The normalized spacial score (nSPS) is 17.1. The zero-order valence-corrected chi connectivity index (χ0v) is 12.7. The summed E-state index contributed by atoms with van der Waals surface area (Å²) >= 11 is 12.2. The average molecular weight is 330 g/mol. The Hall–Kier alpha value is -2.17. The van der Waals surface area contributed by atoms with Crippen molar-refractivity contribution in [1.82, 2.24) is 9.97 Å². The topological polar surface area (TPSA) is 46.1 Å². The predicted octanol–water partition coefficient (Wildman–Crippen LogP) is 4.24. The SMILES string of the molecule is O=C1C(Cl)c2nc3ccccc3nc2N1c1ccc(Cl)cc1. The van der Waals surface area contributed by atoms with Crippen LogP contribution in [0.3, 0.4) is 0 Å². The van der Waals surface area contributed by atoms with Crippen molar-refractivity contribution in [2.75, 3.05) is 4.90 Å². The highest BCUT2D eigenvalue weighted by Gasteiger charge is 2.40. The average Bonchev–Trinajstić information content (AvgIpc) is 2.78. The van der Waals surface area contributed by atoms with Crippen LogP contribution in [0.15, 0.2) is 48.5 Å². The van der Waals surface area contributed by atoms with E-state index < -0.39 is 5.38 Å². The number of hydrogen-bond donors (Lipinski definition) is 0. The van der Waals surface area contributed by atoms with E-state index >= 15 is 0 Å². The molecule has 0 aliphatic carbocycles. The van der Waals surface area contributed by atoms with Gasteiger partial charge in [-0.1, -0.05) is 23.7 Å². The fourth-order valence-electron chi connectivity index (χ4n) is 2.51. The Labute approximate surface area is 136 Å². The van der Waals surface area contributed by atoms with Gasteiger partial charge in [0.25, 0.3) is 5.91 Å². The molecule has 6 heteroatoms. The first-order valence-corrected chi connectivity index (χ1v) is 7.47. The third kappa shape index (κ3) is 1.95. The standard InChI is InChI=1S/C16H9Cl2N3O/c17-9-5-7-10(8-6-9)21-15-14(13(18)16(21)22)19-11-3-1-2-4-12(11)20-15/h1-8,13H. The van der Waals surface area contributed by atoms with Crippen molar-refractivity contribution < 1.29 is 4.79 Å². The Morgan fingerprint density at radius 3 is 2.27 bits per heavy atom. The largest absolute Gasteiger partial charge is 0.272 e. The van der Waals surface area contributed by atoms with Crippen molar-refractivity contribution in [3.63, 3.8) is 0 Å². The zero-order chi connectivity index (χ0) is 15.3. The van der Waals surface area contributed by atoms with Crippen LogP contribution in [0.25, 0.3) is 11.0 Å². The Bertz CT molecular complexity index is 896. The van der Waals surface area contributed by atoms with Crippen molar-refractivity contribution in [3.05, 3.63) is 59.2 Å². The number of carbonyl (C=O) groups is 1. The predicted molar refractivity (Wildman–Crippen MR) is 86.7 cm³/mol. The van der Waals surface area contributed by atoms with Gasteiger partial charge in [0, 0.05) is 5.02 Å². The maximum absolute atomic E-state index is 12.5. The number of rotatable bonds is 1. The molecule has 0 radical (unpaired) electrons. The van der Waals surface area contributed by atoms with Crippen LogP contribution >= 0.6 is 23.2 Å². The van der Waals surface area contributed by atoms with Gasteiger partial charge < -0.3 is 0 Å². The van der Waals surface area contributed by atoms with Crippen LogP contribution < -0.4 is 4.90 Å². The summed E-state index contributed by atoms with van der Waals surface area (Å²) in [7, 11) is 0. The molecule has 22 heavy (non-hydrogen) atoms. The number of nitrogens with zero attached hydrogens (tertiary/aromatic N) is 3. The summed E-state index contributed by atoms with van der Waals surface area (Å²) in [5.41, 5.74) is 2.60. The van der Waals surface area contributed by atoms with E-state index in [9.17, 15) is 4.79 Å². The summed E-state index contributed by atoms with van der Waals surface area (Å²) in [6.07, 6.45) is 0. The number of aromatic nitrogens is 2. The zero-order valence-electron chi connectivity index (χ0n) is 11.2. The second kappa shape index (κ2) is 4.93. The number of carbonyl (C=O) groups excluding carboxylic acids is 1. The van der Waals surface area contributed by atoms with Crippen LogP contribution in [0.5, 0.6) is 0 Å². The highest BCUT2D eigenvalue weighted by atomic mass is 35.5. The number of hydrogen-bond acceptors (Lipinski definition) is 3. The van der Waals surface area contributed by atoms with Crippen molar-refractivity contribution in [3.8, 4) is 0 Å². The molecule has 0 N–H and O–H groups in total. The molecule has 2 aromatic carbocycles. The number of amides is 1. The maximum atomic E-state index is 12.5. The highest BCUT2D eigenvalue weighted by Crippen LogP contribution is 2.42. The Morgan fingerprint density at radius 1 is 0.955 bits per heavy atom. The summed E-state index contributed by atoms with van der Waals surface area (Å²) in [4.78, 5) is 23.1. The van der Waals surface area contributed by atoms with Gasteiger partial charge in [-0.15, -0.1) is 11.6 Å². The molecule has 108 valence electrons. The van der Waals surface area contributed by atoms with Gasteiger partial charge in [0.05, 0.1) is 16.7 Å². The molecule has 1 amide bonds. The molecule has 0 bridgehead atoms. The molecule has 1 aliphatic heterocycles. The van der Waals surface area contributed by atoms with Gasteiger partial charge in [0.15, 0.2) is 11.2 Å². The Kier molecular flexibility index (Phi) is 3.03. The summed E-state index contributed by atoms with van der Waals surface area (Å²) in [5, 5.41) is -0.231. The van der Waals surface area contributed by atoms with E-state index in [4.69, 9.17) is 23.2 Å². The first-order valence-electron chi connectivity index (χ1n) is 6.65. The van der Waals surface area contributed by atoms with Gasteiger partial charge in [0.2, 0.25) is 0 Å². The van der Waals surface area contributed by atoms with E-state index in [1.54, 1.807) is 24.3 Å². The van der Waals surface area contributed by atoms with E-state index in [0.29, 0.717) is 22.2 Å². The van der Waals surface area contributed by atoms with Crippen LogP contribution in [0.1, 0.15) is 11.1 Å². The first kappa shape index (κ1) is 13.5.